The number of rotatable bonds is 5. The maximum atomic E-state index is 13.1. The van der Waals surface area contributed by atoms with E-state index in [-0.39, 0.29) is 11.7 Å². The van der Waals surface area contributed by atoms with Gasteiger partial charge in [0, 0.05) is 11.7 Å². The minimum atomic E-state index is -4.64. The third-order valence-electron chi connectivity index (χ3n) is 3.55. The van der Waals surface area contributed by atoms with E-state index in [1.54, 1.807) is 0 Å². The number of nitrogens with one attached hydrogen (secondary N) is 1. The summed E-state index contributed by atoms with van der Waals surface area (Å²) in [5.74, 6) is 0.383. The van der Waals surface area contributed by atoms with Gasteiger partial charge in [-0.2, -0.15) is 13.2 Å². The SMILES string of the molecule is CCCC1CC1Nc1ccc(S(N)(=O)=O)cc1C(F)(F)F. The van der Waals surface area contributed by atoms with E-state index in [4.69, 9.17) is 5.14 Å². The highest BCUT2D eigenvalue weighted by Gasteiger charge is 2.39. The Bertz CT molecular complexity index is 629. The Morgan fingerprint density at radius 3 is 2.57 bits per heavy atom. The zero-order valence-corrected chi connectivity index (χ0v) is 12.3. The van der Waals surface area contributed by atoms with Crippen molar-refractivity contribution in [1.82, 2.24) is 0 Å². The molecule has 1 aromatic carbocycles. The van der Waals surface area contributed by atoms with Crippen LogP contribution in [0.2, 0.25) is 0 Å². The summed E-state index contributed by atoms with van der Waals surface area (Å²) >= 11 is 0. The van der Waals surface area contributed by atoms with Crippen LogP contribution in [0.1, 0.15) is 31.7 Å². The van der Waals surface area contributed by atoms with Crippen LogP contribution < -0.4 is 10.5 Å². The summed E-state index contributed by atoms with van der Waals surface area (Å²) in [7, 11) is -4.16. The first-order chi connectivity index (χ1) is 9.63. The highest BCUT2D eigenvalue weighted by Crippen LogP contribution is 2.41. The van der Waals surface area contributed by atoms with E-state index in [1.807, 2.05) is 6.92 Å². The number of hydrogen-bond acceptors (Lipinski definition) is 3. The highest BCUT2D eigenvalue weighted by molar-refractivity contribution is 7.89. The molecule has 0 radical (unpaired) electrons. The van der Waals surface area contributed by atoms with E-state index in [9.17, 15) is 21.6 Å². The van der Waals surface area contributed by atoms with Crippen molar-refractivity contribution in [3.8, 4) is 0 Å². The van der Waals surface area contributed by atoms with Crippen molar-refractivity contribution in [3.05, 3.63) is 23.8 Å². The zero-order chi connectivity index (χ0) is 15.8. The maximum absolute atomic E-state index is 13.1. The molecule has 1 aliphatic rings. The van der Waals surface area contributed by atoms with Gasteiger partial charge in [0.25, 0.3) is 0 Å². The molecule has 8 heteroatoms. The van der Waals surface area contributed by atoms with Crippen LogP contribution in [0.5, 0.6) is 0 Å². The lowest BCUT2D eigenvalue weighted by molar-refractivity contribution is -0.137. The second kappa shape index (κ2) is 5.49. The Labute approximate surface area is 121 Å². The third kappa shape index (κ3) is 3.88. The van der Waals surface area contributed by atoms with E-state index in [1.165, 1.54) is 0 Å². The van der Waals surface area contributed by atoms with Gasteiger partial charge in [-0.1, -0.05) is 13.3 Å². The monoisotopic (exact) mass is 322 g/mol. The average Bonchev–Trinajstić information content (AvgIpc) is 3.05. The number of primary sulfonamides is 1. The molecule has 0 amide bonds. The van der Waals surface area contributed by atoms with Gasteiger partial charge in [-0.15, -0.1) is 0 Å². The number of alkyl halides is 3. The highest BCUT2D eigenvalue weighted by atomic mass is 32.2. The van der Waals surface area contributed by atoms with Gasteiger partial charge < -0.3 is 5.32 Å². The first-order valence-corrected chi connectivity index (χ1v) is 8.18. The van der Waals surface area contributed by atoms with Crippen molar-refractivity contribution in [2.24, 2.45) is 11.1 Å². The molecule has 1 saturated carbocycles. The number of nitrogens with two attached hydrogens (primary N) is 1. The van der Waals surface area contributed by atoms with Crippen LogP contribution in [0, 0.1) is 5.92 Å². The van der Waals surface area contributed by atoms with Gasteiger partial charge in [-0.3, -0.25) is 0 Å². The van der Waals surface area contributed by atoms with Gasteiger partial charge in [0.15, 0.2) is 0 Å². The summed E-state index contributed by atoms with van der Waals surface area (Å²) in [6.07, 6.45) is -1.85. The first kappa shape index (κ1) is 16.1. The quantitative estimate of drug-likeness (QED) is 0.875. The Morgan fingerprint density at radius 2 is 2.05 bits per heavy atom. The number of hydrogen-bond donors (Lipinski definition) is 2. The average molecular weight is 322 g/mol. The second-order valence-electron chi connectivity index (χ2n) is 5.29. The molecule has 21 heavy (non-hydrogen) atoms. The summed E-state index contributed by atoms with van der Waals surface area (Å²) in [5, 5.41) is 7.73. The van der Waals surface area contributed by atoms with Crippen molar-refractivity contribution in [3.63, 3.8) is 0 Å². The number of halogens is 3. The molecule has 4 nitrogen and oxygen atoms in total. The lowest BCUT2D eigenvalue weighted by atomic mass is 10.1. The summed E-state index contributed by atoms with van der Waals surface area (Å²) in [5.41, 5.74) is -1.10. The standard InChI is InChI=1S/C13H17F3N2O2S/c1-2-3-8-6-12(8)18-11-5-4-9(21(17,19)20)7-10(11)13(14,15)16/h4-5,7-8,12,18H,2-3,6H2,1H3,(H2,17,19,20). The van der Waals surface area contributed by atoms with Crippen LogP contribution >= 0.6 is 0 Å². The van der Waals surface area contributed by atoms with Crippen molar-refractivity contribution >= 4 is 15.7 Å². The van der Waals surface area contributed by atoms with Gasteiger partial charge in [0.05, 0.1) is 10.5 Å². The van der Waals surface area contributed by atoms with Crippen LogP contribution in [0.3, 0.4) is 0 Å². The molecule has 118 valence electrons. The van der Waals surface area contributed by atoms with Crippen molar-refractivity contribution in [2.75, 3.05) is 5.32 Å². The van der Waals surface area contributed by atoms with E-state index in [0.717, 1.165) is 31.4 Å². The smallest absolute Gasteiger partial charge is 0.382 e. The van der Waals surface area contributed by atoms with Gasteiger partial charge in [0.2, 0.25) is 10.0 Å². The Morgan fingerprint density at radius 1 is 1.38 bits per heavy atom. The molecule has 2 atom stereocenters. The molecule has 2 unspecified atom stereocenters. The second-order valence-corrected chi connectivity index (χ2v) is 6.85. The van der Waals surface area contributed by atoms with Crippen molar-refractivity contribution < 1.29 is 21.6 Å². The number of anilines is 1. The molecule has 1 aliphatic carbocycles. The summed E-state index contributed by atoms with van der Waals surface area (Å²) in [6, 6.07) is 2.81. The minimum absolute atomic E-state index is 0.0198. The predicted octanol–water partition coefficient (Wildman–Crippen LogP) is 2.95. The topological polar surface area (TPSA) is 72.2 Å². The Hall–Kier alpha value is -1.28. The molecule has 1 fully saturated rings. The molecule has 0 heterocycles. The van der Waals surface area contributed by atoms with E-state index >= 15 is 0 Å². The fourth-order valence-corrected chi connectivity index (χ4v) is 2.91. The van der Waals surface area contributed by atoms with E-state index in [2.05, 4.69) is 5.32 Å². The summed E-state index contributed by atoms with van der Waals surface area (Å²) in [4.78, 5) is -0.540. The van der Waals surface area contributed by atoms with Crippen LogP contribution in [0.15, 0.2) is 23.1 Å². The maximum Gasteiger partial charge on any atom is 0.418 e. The van der Waals surface area contributed by atoms with E-state index < -0.39 is 26.7 Å². The number of sulfonamides is 1. The normalized spacial score (nSPS) is 22.1. The summed E-state index contributed by atoms with van der Waals surface area (Å²) < 4.78 is 61.5. The zero-order valence-electron chi connectivity index (χ0n) is 11.4. The van der Waals surface area contributed by atoms with Crippen LogP contribution in [-0.2, 0) is 16.2 Å². The largest absolute Gasteiger partial charge is 0.418 e. The van der Waals surface area contributed by atoms with Crippen molar-refractivity contribution in [2.45, 2.75) is 43.3 Å². The lowest BCUT2D eigenvalue weighted by Crippen LogP contribution is -2.17. The molecule has 0 aromatic heterocycles. The van der Waals surface area contributed by atoms with Gasteiger partial charge in [0.1, 0.15) is 0 Å². The molecule has 2 rings (SSSR count). The summed E-state index contributed by atoms with van der Waals surface area (Å²) in [6.45, 7) is 2.03. The Balaban J connectivity index is 2.29. The van der Waals surface area contributed by atoms with Gasteiger partial charge in [-0.25, -0.2) is 13.6 Å². The molecule has 0 aliphatic heterocycles. The fraction of sp³-hybridized carbons (Fsp3) is 0.538. The lowest BCUT2D eigenvalue weighted by Gasteiger charge is -2.15. The fourth-order valence-electron chi connectivity index (χ4n) is 2.37. The molecule has 3 N–H and O–H groups in total. The first-order valence-electron chi connectivity index (χ1n) is 6.63. The van der Waals surface area contributed by atoms with Crippen LogP contribution in [0.25, 0.3) is 0 Å². The van der Waals surface area contributed by atoms with Crippen LogP contribution in [-0.4, -0.2) is 14.5 Å². The van der Waals surface area contributed by atoms with Crippen LogP contribution in [0.4, 0.5) is 18.9 Å². The van der Waals surface area contributed by atoms with Gasteiger partial charge in [-0.05, 0) is 37.0 Å². The Kier molecular flexibility index (Phi) is 4.21. The third-order valence-corrected chi connectivity index (χ3v) is 4.46. The van der Waals surface area contributed by atoms with E-state index in [0.29, 0.717) is 12.0 Å². The molecular formula is C13H17F3N2O2S. The molecular weight excluding hydrogens is 305 g/mol. The molecule has 1 aromatic rings. The van der Waals surface area contributed by atoms with Crippen molar-refractivity contribution in [1.29, 1.82) is 0 Å². The van der Waals surface area contributed by atoms with Gasteiger partial charge >= 0.3 is 6.18 Å². The molecule has 0 saturated heterocycles. The number of benzene rings is 1. The molecule has 0 bridgehead atoms. The molecule has 0 spiro atoms. The minimum Gasteiger partial charge on any atom is -0.382 e. The predicted molar refractivity (Wildman–Crippen MR) is 73.2 cm³/mol.